The van der Waals surface area contributed by atoms with Gasteiger partial charge in [-0.05, 0) is 12.8 Å². The molecule has 14 heavy (non-hydrogen) atoms. The number of hydrogen-bond acceptors (Lipinski definition) is 4. The molecule has 1 saturated heterocycles. The van der Waals surface area contributed by atoms with Crippen LogP contribution in [0.15, 0.2) is 0 Å². The van der Waals surface area contributed by atoms with Gasteiger partial charge in [-0.15, -0.1) is 0 Å². The summed E-state index contributed by atoms with van der Waals surface area (Å²) in [6, 6.07) is 0.477. The van der Waals surface area contributed by atoms with Crippen molar-refractivity contribution in [1.29, 1.82) is 0 Å². The lowest BCUT2D eigenvalue weighted by molar-refractivity contribution is 0.0783. The molecule has 5 nitrogen and oxygen atoms in total. The quantitative estimate of drug-likeness (QED) is 0.604. The van der Waals surface area contributed by atoms with Gasteiger partial charge in [-0.3, -0.25) is 0 Å². The molecule has 1 fully saturated rings. The molecule has 0 aliphatic carbocycles. The van der Waals surface area contributed by atoms with Gasteiger partial charge in [0, 0.05) is 32.3 Å². The maximum atomic E-state index is 10.7. The fourth-order valence-electron chi connectivity index (χ4n) is 1.41. The molecule has 1 heterocycles. The van der Waals surface area contributed by atoms with Gasteiger partial charge in [0.1, 0.15) is 0 Å². The average Bonchev–Trinajstić information content (AvgIpc) is 2.13. The van der Waals surface area contributed by atoms with Gasteiger partial charge in [-0.2, -0.15) is 0 Å². The van der Waals surface area contributed by atoms with Crippen LogP contribution in [0.25, 0.3) is 0 Å². The maximum Gasteiger partial charge on any atom is 0.208 e. The van der Waals surface area contributed by atoms with E-state index in [1.807, 2.05) is 0 Å². The summed E-state index contributed by atoms with van der Waals surface area (Å²) in [5.74, 6) is 0. The summed E-state index contributed by atoms with van der Waals surface area (Å²) in [6.45, 7) is 2.74. The largest absolute Gasteiger partial charge is 0.381 e. The fraction of sp³-hybridized carbons (Fsp3) is 1.00. The zero-order valence-corrected chi connectivity index (χ0v) is 9.27. The first-order valence-corrected chi connectivity index (χ1v) is 6.73. The first-order valence-electron chi connectivity index (χ1n) is 4.84. The van der Waals surface area contributed by atoms with Gasteiger partial charge < -0.3 is 10.1 Å². The Morgan fingerprint density at radius 2 is 1.93 bits per heavy atom. The minimum Gasteiger partial charge on any atom is -0.381 e. The van der Waals surface area contributed by atoms with E-state index in [1.165, 1.54) is 6.26 Å². The Kier molecular flexibility index (Phi) is 4.80. The molecule has 6 heteroatoms. The van der Waals surface area contributed by atoms with Crippen molar-refractivity contribution in [2.75, 3.05) is 32.6 Å². The smallest absolute Gasteiger partial charge is 0.208 e. The average molecular weight is 222 g/mol. The van der Waals surface area contributed by atoms with Gasteiger partial charge in [0.2, 0.25) is 10.0 Å². The second-order valence-electron chi connectivity index (χ2n) is 3.51. The van der Waals surface area contributed by atoms with E-state index >= 15 is 0 Å². The second kappa shape index (κ2) is 5.65. The highest BCUT2D eigenvalue weighted by molar-refractivity contribution is 7.88. The lowest BCUT2D eigenvalue weighted by Crippen LogP contribution is -2.39. The first kappa shape index (κ1) is 11.9. The molecule has 2 N–H and O–H groups in total. The third-order valence-corrected chi connectivity index (χ3v) is 2.87. The highest BCUT2D eigenvalue weighted by atomic mass is 32.2. The van der Waals surface area contributed by atoms with Gasteiger partial charge in [0.15, 0.2) is 0 Å². The summed E-state index contributed by atoms with van der Waals surface area (Å²) < 4.78 is 29.1. The molecule has 84 valence electrons. The predicted octanol–water partition coefficient (Wildman–Crippen LogP) is -0.696. The van der Waals surface area contributed by atoms with E-state index in [9.17, 15) is 8.42 Å². The van der Waals surface area contributed by atoms with Crippen LogP contribution in [-0.4, -0.2) is 47.0 Å². The van der Waals surface area contributed by atoms with Crippen LogP contribution < -0.4 is 10.0 Å². The van der Waals surface area contributed by atoms with Gasteiger partial charge in [-0.25, -0.2) is 13.1 Å². The monoisotopic (exact) mass is 222 g/mol. The fourth-order valence-corrected chi connectivity index (χ4v) is 1.89. The Morgan fingerprint density at radius 1 is 1.29 bits per heavy atom. The van der Waals surface area contributed by atoms with Gasteiger partial charge in [0.25, 0.3) is 0 Å². The van der Waals surface area contributed by atoms with E-state index in [-0.39, 0.29) is 0 Å². The van der Waals surface area contributed by atoms with Gasteiger partial charge in [-0.1, -0.05) is 0 Å². The van der Waals surface area contributed by atoms with Crippen molar-refractivity contribution in [2.24, 2.45) is 0 Å². The van der Waals surface area contributed by atoms with Crippen molar-refractivity contribution in [3.63, 3.8) is 0 Å². The summed E-state index contributed by atoms with van der Waals surface area (Å²) in [5, 5.41) is 3.29. The van der Waals surface area contributed by atoms with Crippen molar-refractivity contribution < 1.29 is 13.2 Å². The number of rotatable bonds is 5. The lowest BCUT2D eigenvalue weighted by Gasteiger charge is -2.23. The highest BCUT2D eigenvalue weighted by Gasteiger charge is 2.12. The molecular weight excluding hydrogens is 204 g/mol. The Labute approximate surface area is 85.3 Å². The molecule has 0 aromatic heterocycles. The summed E-state index contributed by atoms with van der Waals surface area (Å²) >= 11 is 0. The molecule has 1 aliphatic rings. The minimum absolute atomic E-state index is 0.455. The van der Waals surface area contributed by atoms with Crippen LogP contribution in [0.4, 0.5) is 0 Å². The molecule has 0 atom stereocenters. The van der Waals surface area contributed by atoms with Crippen LogP contribution >= 0.6 is 0 Å². The second-order valence-corrected chi connectivity index (χ2v) is 5.34. The molecule has 0 unspecified atom stereocenters. The Bertz CT molecular complexity index is 247. The zero-order valence-electron chi connectivity index (χ0n) is 8.45. The molecule has 0 bridgehead atoms. The topological polar surface area (TPSA) is 67.4 Å². The molecule has 1 rings (SSSR count). The van der Waals surface area contributed by atoms with Crippen LogP contribution in [0.3, 0.4) is 0 Å². The zero-order chi connectivity index (χ0) is 10.4. The Hall–Kier alpha value is -0.170. The van der Waals surface area contributed by atoms with Crippen molar-refractivity contribution in [3.8, 4) is 0 Å². The molecule has 0 spiro atoms. The van der Waals surface area contributed by atoms with Crippen LogP contribution in [0.2, 0.25) is 0 Å². The van der Waals surface area contributed by atoms with E-state index in [1.54, 1.807) is 0 Å². The van der Waals surface area contributed by atoms with E-state index in [0.29, 0.717) is 19.1 Å². The molecule has 0 radical (unpaired) electrons. The minimum atomic E-state index is -3.04. The van der Waals surface area contributed by atoms with Crippen LogP contribution in [0.1, 0.15) is 12.8 Å². The standard InChI is InChI=1S/C8H18N2O3S/c1-14(11,12)10-5-4-9-8-2-6-13-7-3-8/h8-10H,2-7H2,1H3. The SMILES string of the molecule is CS(=O)(=O)NCCNC1CCOCC1. The predicted molar refractivity (Wildman–Crippen MR) is 54.7 cm³/mol. The van der Waals surface area contributed by atoms with E-state index in [2.05, 4.69) is 10.0 Å². The van der Waals surface area contributed by atoms with Crippen molar-refractivity contribution in [2.45, 2.75) is 18.9 Å². The molecule has 0 saturated carbocycles. The van der Waals surface area contributed by atoms with Crippen LogP contribution in [0.5, 0.6) is 0 Å². The maximum absolute atomic E-state index is 10.7. The van der Waals surface area contributed by atoms with E-state index in [4.69, 9.17) is 4.74 Å². The summed E-state index contributed by atoms with van der Waals surface area (Å²) in [6.07, 6.45) is 3.19. The third-order valence-electron chi connectivity index (χ3n) is 2.14. The summed E-state index contributed by atoms with van der Waals surface area (Å²) in [7, 11) is -3.04. The highest BCUT2D eigenvalue weighted by Crippen LogP contribution is 2.05. The number of sulfonamides is 1. The van der Waals surface area contributed by atoms with Crippen molar-refractivity contribution in [1.82, 2.24) is 10.0 Å². The molecular formula is C8H18N2O3S. The number of ether oxygens (including phenoxy) is 1. The van der Waals surface area contributed by atoms with Crippen molar-refractivity contribution >= 4 is 10.0 Å². The number of nitrogens with one attached hydrogen (secondary N) is 2. The van der Waals surface area contributed by atoms with Crippen molar-refractivity contribution in [3.05, 3.63) is 0 Å². The first-order chi connectivity index (χ1) is 6.58. The lowest BCUT2D eigenvalue weighted by atomic mass is 10.1. The molecule has 0 aromatic carbocycles. The van der Waals surface area contributed by atoms with Gasteiger partial charge in [0.05, 0.1) is 6.26 Å². The molecule has 0 aromatic rings. The molecule has 1 aliphatic heterocycles. The van der Waals surface area contributed by atoms with Crippen LogP contribution in [0, 0.1) is 0 Å². The van der Waals surface area contributed by atoms with E-state index in [0.717, 1.165) is 26.1 Å². The normalized spacial score (nSPS) is 19.8. The van der Waals surface area contributed by atoms with E-state index < -0.39 is 10.0 Å². The number of hydrogen-bond donors (Lipinski definition) is 2. The Morgan fingerprint density at radius 3 is 2.50 bits per heavy atom. The molecule has 0 amide bonds. The summed E-state index contributed by atoms with van der Waals surface area (Å²) in [5.41, 5.74) is 0. The Balaban J connectivity index is 2.03. The van der Waals surface area contributed by atoms with Crippen LogP contribution in [-0.2, 0) is 14.8 Å². The third kappa shape index (κ3) is 5.54. The van der Waals surface area contributed by atoms with Gasteiger partial charge >= 0.3 is 0 Å². The summed E-state index contributed by atoms with van der Waals surface area (Å²) in [4.78, 5) is 0.